The molecule has 0 N–H and O–H groups in total. The molecule has 0 saturated carbocycles. The molecule has 0 spiro atoms. The highest BCUT2D eigenvalue weighted by Crippen LogP contribution is 2.33. The molecule has 2 aliphatic rings. The van der Waals surface area contributed by atoms with Crippen LogP contribution in [0.3, 0.4) is 0 Å². The van der Waals surface area contributed by atoms with Crippen LogP contribution in [0.1, 0.15) is 31.1 Å². The van der Waals surface area contributed by atoms with E-state index in [0.29, 0.717) is 25.4 Å². The van der Waals surface area contributed by atoms with Crippen molar-refractivity contribution in [2.75, 3.05) is 24.6 Å². The van der Waals surface area contributed by atoms with Gasteiger partial charge in [0.15, 0.2) is 6.10 Å². The molecule has 0 radical (unpaired) electrons. The highest BCUT2D eigenvalue weighted by Gasteiger charge is 2.32. The molecule has 2 unspecified atom stereocenters. The molecule has 2 aliphatic heterocycles. The fraction of sp³-hybridized carbons (Fsp3) is 0.455. The Kier molecular flexibility index (Phi) is 6.16. The van der Waals surface area contributed by atoms with Crippen molar-refractivity contribution in [3.63, 3.8) is 0 Å². The number of thiophene rings is 1. The zero-order chi connectivity index (χ0) is 20.2. The number of para-hydroxylation sites is 2. The Morgan fingerprint density at radius 2 is 2.14 bits per heavy atom. The molecule has 0 bridgehead atoms. The second-order valence-corrected chi connectivity index (χ2v) is 8.49. The van der Waals surface area contributed by atoms with Crippen molar-refractivity contribution in [2.45, 2.75) is 44.9 Å². The Morgan fingerprint density at radius 1 is 1.28 bits per heavy atom. The Bertz CT molecular complexity index is 848. The van der Waals surface area contributed by atoms with E-state index in [1.165, 1.54) is 0 Å². The van der Waals surface area contributed by atoms with Crippen LogP contribution in [0.25, 0.3) is 0 Å². The smallest absolute Gasteiger partial charge is 0.267 e. The fourth-order valence-electron chi connectivity index (χ4n) is 3.83. The molecule has 2 atom stereocenters. The van der Waals surface area contributed by atoms with Gasteiger partial charge in [0.05, 0.1) is 18.3 Å². The van der Waals surface area contributed by atoms with Crippen molar-refractivity contribution in [2.24, 2.45) is 0 Å². The minimum Gasteiger partial charge on any atom is -0.479 e. The number of fused-ring (bicyclic) bond motifs is 1. The van der Waals surface area contributed by atoms with Gasteiger partial charge in [-0.05, 0) is 43.3 Å². The molecule has 1 saturated heterocycles. The lowest BCUT2D eigenvalue weighted by Gasteiger charge is -2.33. The van der Waals surface area contributed by atoms with Crippen molar-refractivity contribution >= 4 is 28.8 Å². The number of nitrogens with zero attached hydrogens (tertiary/aromatic N) is 2. The van der Waals surface area contributed by atoms with E-state index in [4.69, 9.17) is 9.47 Å². The molecule has 6 nitrogen and oxygen atoms in total. The average molecular weight is 415 g/mol. The first-order valence-corrected chi connectivity index (χ1v) is 11.0. The van der Waals surface area contributed by atoms with Crippen LogP contribution in [0.5, 0.6) is 5.75 Å². The van der Waals surface area contributed by atoms with Crippen LogP contribution in [0.4, 0.5) is 5.69 Å². The molecular formula is C22H26N2O4S. The lowest BCUT2D eigenvalue weighted by Crippen LogP contribution is -2.46. The predicted molar refractivity (Wildman–Crippen MR) is 112 cm³/mol. The quantitative estimate of drug-likeness (QED) is 0.696. The largest absolute Gasteiger partial charge is 0.479 e. The number of ether oxygens (including phenoxy) is 2. The highest BCUT2D eigenvalue weighted by molar-refractivity contribution is 7.09. The molecule has 29 heavy (non-hydrogen) atoms. The summed E-state index contributed by atoms with van der Waals surface area (Å²) < 4.78 is 11.4. The number of anilines is 1. The number of amides is 2. The molecule has 1 fully saturated rings. The molecule has 154 valence electrons. The van der Waals surface area contributed by atoms with Crippen LogP contribution in [0.15, 0.2) is 41.8 Å². The number of hydrogen-bond acceptors (Lipinski definition) is 5. The molecular weight excluding hydrogens is 388 g/mol. The summed E-state index contributed by atoms with van der Waals surface area (Å²) in [6.07, 6.45) is 1.85. The second kappa shape index (κ2) is 8.97. The number of hydrogen-bond donors (Lipinski definition) is 0. The summed E-state index contributed by atoms with van der Waals surface area (Å²) >= 11 is 1.65. The van der Waals surface area contributed by atoms with E-state index in [1.807, 2.05) is 46.7 Å². The molecule has 4 rings (SSSR count). The maximum Gasteiger partial charge on any atom is 0.267 e. The van der Waals surface area contributed by atoms with Crippen molar-refractivity contribution in [1.29, 1.82) is 0 Å². The third-order valence-corrected chi connectivity index (χ3v) is 6.21. The van der Waals surface area contributed by atoms with E-state index in [9.17, 15) is 9.59 Å². The highest BCUT2D eigenvalue weighted by atomic mass is 32.1. The summed E-state index contributed by atoms with van der Waals surface area (Å²) in [5.74, 6) is 0.612. The Labute approximate surface area is 175 Å². The van der Waals surface area contributed by atoms with E-state index in [1.54, 1.807) is 23.2 Å². The number of rotatable bonds is 7. The standard InChI is InChI=1S/C22H26N2O4S/c1-16-22(26)24(19-8-2-3-9-20(19)28-16)11-10-21(25)23(14-17-6-4-12-27-17)15-18-7-5-13-29-18/h2-3,5,7-9,13,16-17H,4,6,10-12,14-15H2,1H3. The van der Waals surface area contributed by atoms with Crippen LogP contribution in [0, 0.1) is 0 Å². The van der Waals surface area contributed by atoms with Crippen LogP contribution >= 0.6 is 11.3 Å². The first-order valence-electron chi connectivity index (χ1n) is 10.1. The Hall–Kier alpha value is -2.38. The van der Waals surface area contributed by atoms with Gasteiger partial charge in [0.25, 0.3) is 5.91 Å². The van der Waals surface area contributed by atoms with E-state index in [-0.39, 0.29) is 24.3 Å². The third-order valence-electron chi connectivity index (χ3n) is 5.35. The van der Waals surface area contributed by atoms with Crippen LogP contribution < -0.4 is 9.64 Å². The number of benzene rings is 1. The lowest BCUT2D eigenvalue weighted by atomic mass is 10.1. The minimum absolute atomic E-state index is 0.0401. The van der Waals surface area contributed by atoms with Gasteiger partial charge in [0.2, 0.25) is 5.91 Å². The minimum atomic E-state index is -0.547. The topological polar surface area (TPSA) is 59.1 Å². The maximum absolute atomic E-state index is 13.1. The van der Waals surface area contributed by atoms with Crippen LogP contribution in [-0.2, 0) is 20.9 Å². The van der Waals surface area contributed by atoms with Crippen molar-refractivity contribution in [3.05, 3.63) is 46.7 Å². The molecule has 3 heterocycles. The summed E-state index contributed by atoms with van der Waals surface area (Å²) in [6, 6.07) is 11.5. The summed E-state index contributed by atoms with van der Waals surface area (Å²) in [5.41, 5.74) is 0.729. The summed E-state index contributed by atoms with van der Waals surface area (Å²) in [6.45, 7) is 4.03. The lowest BCUT2D eigenvalue weighted by molar-refractivity contribution is -0.133. The van der Waals surface area contributed by atoms with E-state index < -0.39 is 6.10 Å². The van der Waals surface area contributed by atoms with Gasteiger partial charge in [0.1, 0.15) is 5.75 Å². The van der Waals surface area contributed by atoms with Crippen LogP contribution in [0.2, 0.25) is 0 Å². The fourth-order valence-corrected chi connectivity index (χ4v) is 4.55. The Balaban J connectivity index is 1.45. The Morgan fingerprint density at radius 3 is 2.90 bits per heavy atom. The molecule has 1 aromatic carbocycles. The molecule has 2 aromatic rings. The number of carbonyl (C=O) groups is 2. The van der Waals surface area contributed by atoms with Gasteiger partial charge in [-0.25, -0.2) is 0 Å². The van der Waals surface area contributed by atoms with E-state index >= 15 is 0 Å². The summed E-state index contributed by atoms with van der Waals surface area (Å²) in [4.78, 5) is 30.5. The molecule has 0 aliphatic carbocycles. The van der Waals surface area contributed by atoms with Crippen molar-refractivity contribution in [1.82, 2.24) is 4.90 Å². The second-order valence-electron chi connectivity index (χ2n) is 7.46. The first-order chi connectivity index (χ1) is 14.1. The van der Waals surface area contributed by atoms with Gasteiger partial charge >= 0.3 is 0 Å². The molecule has 7 heteroatoms. The van der Waals surface area contributed by atoms with Crippen LogP contribution in [-0.4, -0.2) is 48.6 Å². The first kappa shape index (κ1) is 19.9. The zero-order valence-corrected chi connectivity index (χ0v) is 17.4. The average Bonchev–Trinajstić information content (AvgIpc) is 3.42. The summed E-state index contributed by atoms with van der Waals surface area (Å²) in [7, 11) is 0. The van der Waals surface area contributed by atoms with Gasteiger partial charge in [-0.1, -0.05) is 18.2 Å². The van der Waals surface area contributed by atoms with Gasteiger partial charge in [-0.3, -0.25) is 9.59 Å². The SMILES string of the molecule is CC1Oc2ccccc2N(CCC(=O)N(Cc2cccs2)CC2CCCO2)C1=O. The normalized spacial score (nSPS) is 21.0. The van der Waals surface area contributed by atoms with Gasteiger partial charge in [0, 0.05) is 31.0 Å². The van der Waals surface area contributed by atoms with E-state index in [2.05, 4.69) is 0 Å². The van der Waals surface area contributed by atoms with Crippen molar-refractivity contribution in [3.8, 4) is 5.75 Å². The van der Waals surface area contributed by atoms with Gasteiger partial charge in [-0.15, -0.1) is 11.3 Å². The molecule has 1 aromatic heterocycles. The third kappa shape index (κ3) is 4.62. The molecule has 2 amide bonds. The monoisotopic (exact) mass is 414 g/mol. The number of carbonyl (C=O) groups excluding carboxylic acids is 2. The van der Waals surface area contributed by atoms with Gasteiger partial charge < -0.3 is 19.3 Å². The maximum atomic E-state index is 13.1. The van der Waals surface area contributed by atoms with E-state index in [0.717, 1.165) is 30.0 Å². The van der Waals surface area contributed by atoms with Gasteiger partial charge in [-0.2, -0.15) is 0 Å². The van der Waals surface area contributed by atoms with Crippen molar-refractivity contribution < 1.29 is 19.1 Å². The zero-order valence-electron chi connectivity index (χ0n) is 16.6. The predicted octanol–water partition coefficient (Wildman–Crippen LogP) is 3.46. The summed E-state index contributed by atoms with van der Waals surface area (Å²) in [5, 5.41) is 2.02.